The Balaban J connectivity index is 2.24. The van der Waals surface area contributed by atoms with Gasteiger partial charge in [0.25, 0.3) is 0 Å². The van der Waals surface area contributed by atoms with Crippen LogP contribution in [0.4, 0.5) is 10.1 Å². The van der Waals surface area contributed by atoms with Crippen LogP contribution in [0.15, 0.2) is 18.2 Å². The number of rotatable bonds is 4. The van der Waals surface area contributed by atoms with Crippen LogP contribution in [-0.4, -0.2) is 44.9 Å². The van der Waals surface area contributed by atoms with E-state index < -0.39 is 23.3 Å². The van der Waals surface area contributed by atoms with E-state index in [4.69, 9.17) is 9.47 Å². The SMILES string of the molecule is COC(=O)c1ccc(NC2(C(=O)OC)CCOC2)cc1F. The topological polar surface area (TPSA) is 73.9 Å². The third-order valence-electron chi connectivity index (χ3n) is 3.36. The zero-order chi connectivity index (χ0) is 15.5. The van der Waals surface area contributed by atoms with Crippen molar-refractivity contribution in [3.8, 4) is 0 Å². The van der Waals surface area contributed by atoms with Crippen molar-refractivity contribution in [1.82, 2.24) is 0 Å². The summed E-state index contributed by atoms with van der Waals surface area (Å²) in [5.74, 6) is -1.96. The molecule has 1 aromatic carbocycles. The summed E-state index contributed by atoms with van der Waals surface area (Å²) in [5.41, 5.74) is -0.845. The monoisotopic (exact) mass is 297 g/mol. The molecule has 1 aliphatic rings. The van der Waals surface area contributed by atoms with Gasteiger partial charge in [-0.2, -0.15) is 0 Å². The number of carbonyl (C=O) groups is 2. The first-order valence-electron chi connectivity index (χ1n) is 6.34. The van der Waals surface area contributed by atoms with Crippen LogP contribution in [0.3, 0.4) is 0 Å². The number of nitrogens with one attached hydrogen (secondary N) is 1. The first-order chi connectivity index (χ1) is 10.0. The molecular formula is C14H16FNO5. The molecule has 1 unspecified atom stereocenters. The average Bonchev–Trinajstić information content (AvgIpc) is 2.95. The molecule has 0 aromatic heterocycles. The summed E-state index contributed by atoms with van der Waals surface area (Å²) < 4.78 is 28.4. The van der Waals surface area contributed by atoms with E-state index >= 15 is 0 Å². The van der Waals surface area contributed by atoms with Crippen molar-refractivity contribution in [3.05, 3.63) is 29.6 Å². The van der Waals surface area contributed by atoms with Gasteiger partial charge in [-0.05, 0) is 18.2 Å². The Kier molecular flexibility index (Phi) is 4.42. The lowest BCUT2D eigenvalue weighted by Crippen LogP contribution is -2.47. The first kappa shape index (κ1) is 15.2. The van der Waals surface area contributed by atoms with E-state index in [0.29, 0.717) is 18.7 Å². The Bertz CT molecular complexity index is 554. The van der Waals surface area contributed by atoms with Gasteiger partial charge in [-0.3, -0.25) is 0 Å². The summed E-state index contributed by atoms with van der Waals surface area (Å²) in [5, 5.41) is 2.94. The van der Waals surface area contributed by atoms with Crippen LogP contribution in [0.2, 0.25) is 0 Å². The first-order valence-corrected chi connectivity index (χ1v) is 6.34. The molecule has 7 heteroatoms. The summed E-state index contributed by atoms with van der Waals surface area (Å²) in [7, 11) is 2.46. The minimum Gasteiger partial charge on any atom is -0.467 e. The maximum Gasteiger partial charge on any atom is 0.340 e. The van der Waals surface area contributed by atoms with Crippen LogP contribution >= 0.6 is 0 Å². The van der Waals surface area contributed by atoms with E-state index in [1.165, 1.54) is 26.4 Å². The molecule has 0 spiro atoms. The molecule has 1 aliphatic heterocycles. The normalized spacial score (nSPS) is 20.9. The van der Waals surface area contributed by atoms with Crippen LogP contribution in [0, 0.1) is 5.82 Å². The van der Waals surface area contributed by atoms with Crippen molar-refractivity contribution in [2.75, 3.05) is 32.8 Å². The van der Waals surface area contributed by atoms with Crippen molar-refractivity contribution in [3.63, 3.8) is 0 Å². The second-order valence-corrected chi connectivity index (χ2v) is 4.69. The van der Waals surface area contributed by atoms with Gasteiger partial charge in [-0.25, -0.2) is 14.0 Å². The molecule has 0 radical (unpaired) electrons. The molecule has 0 amide bonds. The quantitative estimate of drug-likeness (QED) is 0.846. The summed E-state index contributed by atoms with van der Waals surface area (Å²) in [6.45, 7) is 0.546. The Hall–Kier alpha value is -2.15. The van der Waals surface area contributed by atoms with Gasteiger partial charge in [-0.15, -0.1) is 0 Å². The third kappa shape index (κ3) is 2.97. The molecular weight excluding hydrogens is 281 g/mol. The average molecular weight is 297 g/mol. The lowest BCUT2D eigenvalue weighted by molar-refractivity contribution is -0.146. The fourth-order valence-electron chi connectivity index (χ4n) is 2.22. The number of carbonyl (C=O) groups excluding carboxylic acids is 2. The highest BCUT2D eigenvalue weighted by atomic mass is 19.1. The van der Waals surface area contributed by atoms with Crippen LogP contribution < -0.4 is 5.32 Å². The van der Waals surface area contributed by atoms with Crippen molar-refractivity contribution >= 4 is 17.6 Å². The van der Waals surface area contributed by atoms with Crippen molar-refractivity contribution < 1.29 is 28.2 Å². The minimum absolute atomic E-state index is 0.139. The molecule has 0 aliphatic carbocycles. The highest BCUT2D eigenvalue weighted by Gasteiger charge is 2.43. The smallest absolute Gasteiger partial charge is 0.340 e. The van der Waals surface area contributed by atoms with Gasteiger partial charge < -0.3 is 19.5 Å². The third-order valence-corrected chi connectivity index (χ3v) is 3.36. The Labute approximate surface area is 121 Å². The van der Waals surface area contributed by atoms with Gasteiger partial charge in [-0.1, -0.05) is 0 Å². The van der Waals surface area contributed by atoms with Gasteiger partial charge in [0.2, 0.25) is 0 Å². The maximum absolute atomic E-state index is 13.9. The van der Waals surface area contributed by atoms with Gasteiger partial charge >= 0.3 is 11.9 Å². The molecule has 1 fully saturated rings. The van der Waals surface area contributed by atoms with Crippen LogP contribution in [0.1, 0.15) is 16.8 Å². The van der Waals surface area contributed by atoms with E-state index in [1.54, 1.807) is 0 Å². The molecule has 6 nitrogen and oxygen atoms in total. The summed E-state index contributed by atoms with van der Waals surface area (Å²) >= 11 is 0. The minimum atomic E-state index is -1.03. The lowest BCUT2D eigenvalue weighted by Gasteiger charge is -2.26. The largest absolute Gasteiger partial charge is 0.467 e. The number of hydrogen-bond acceptors (Lipinski definition) is 6. The maximum atomic E-state index is 13.9. The van der Waals surface area contributed by atoms with E-state index in [9.17, 15) is 14.0 Å². The predicted octanol–water partition coefficient (Wildman–Crippen LogP) is 1.36. The highest BCUT2D eigenvalue weighted by molar-refractivity contribution is 5.90. The Morgan fingerprint density at radius 2 is 2.10 bits per heavy atom. The predicted molar refractivity (Wildman–Crippen MR) is 71.5 cm³/mol. The van der Waals surface area contributed by atoms with Crippen molar-refractivity contribution in [2.45, 2.75) is 12.0 Å². The number of benzene rings is 1. The number of hydrogen-bond donors (Lipinski definition) is 1. The highest BCUT2D eigenvalue weighted by Crippen LogP contribution is 2.27. The van der Waals surface area contributed by atoms with Crippen LogP contribution in [0.25, 0.3) is 0 Å². The second kappa shape index (κ2) is 6.09. The Morgan fingerprint density at radius 3 is 2.62 bits per heavy atom. The molecule has 1 aromatic rings. The standard InChI is InChI=1S/C14H16FNO5/c1-19-12(17)10-4-3-9(7-11(10)15)16-14(13(18)20-2)5-6-21-8-14/h3-4,7,16H,5-6,8H2,1-2H3. The molecule has 21 heavy (non-hydrogen) atoms. The molecule has 1 N–H and O–H groups in total. The van der Waals surface area contributed by atoms with Gasteiger partial charge in [0, 0.05) is 18.7 Å². The van der Waals surface area contributed by atoms with Gasteiger partial charge in [0.15, 0.2) is 5.54 Å². The van der Waals surface area contributed by atoms with Crippen molar-refractivity contribution in [1.29, 1.82) is 0 Å². The Morgan fingerprint density at radius 1 is 1.33 bits per heavy atom. The van der Waals surface area contributed by atoms with E-state index in [-0.39, 0.29) is 12.2 Å². The fraction of sp³-hybridized carbons (Fsp3) is 0.429. The van der Waals surface area contributed by atoms with Gasteiger partial charge in [0.1, 0.15) is 5.82 Å². The summed E-state index contributed by atoms with van der Waals surface area (Å²) in [6, 6.07) is 3.93. The molecule has 0 saturated carbocycles. The zero-order valence-corrected chi connectivity index (χ0v) is 11.8. The lowest BCUT2D eigenvalue weighted by atomic mass is 9.98. The number of ether oxygens (including phenoxy) is 3. The van der Waals surface area contributed by atoms with Gasteiger partial charge in [0.05, 0.1) is 26.4 Å². The van der Waals surface area contributed by atoms with Crippen LogP contribution in [-0.2, 0) is 19.0 Å². The van der Waals surface area contributed by atoms with Crippen molar-refractivity contribution in [2.24, 2.45) is 0 Å². The van der Waals surface area contributed by atoms with E-state index in [0.717, 1.165) is 6.07 Å². The fourth-order valence-corrected chi connectivity index (χ4v) is 2.22. The molecule has 114 valence electrons. The number of esters is 2. The number of halogens is 1. The summed E-state index contributed by atoms with van der Waals surface area (Å²) in [4.78, 5) is 23.2. The molecule has 2 rings (SSSR count). The molecule has 1 atom stereocenters. The molecule has 1 heterocycles. The second-order valence-electron chi connectivity index (χ2n) is 4.69. The molecule has 0 bridgehead atoms. The van der Waals surface area contributed by atoms with Crippen LogP contribution in [0.5, 0.6) is 0 Å². The van der Waals surface area contributed by atoms with E-state index in [2.05, 4.69) is 10.1 Å². The molecule has 1 saturated heterocycles. The number of anilines is 1. The zero-order valence-electron chi connectivity index (χ0n) is 11.8. The number of methoxy groups -OCH3 is 2. The van der Waals surface area contributed by atoms with E-state index in [1.807, 2.05) is 0 Å². The summed E-state index contributed by atoms with van der Waals surface area (Å²) in [6.07, 6.45) is 0.417.